The van der Waals surface area contributed by atoms with Gasteiger partial charge < -0.3 is 24.8 Å². The summed E-state index contributed by atoms with van der Waals surface area (Å²) in [6.45, 7) is 5.10. The third-order valence-corrected chi connectivity index (χ3v) is 7.52. The Balaban J connectivity index is 1.26. The van der Waals surface area contributed by atoms with Crippen molar-refractivity contribution < 1.29 is 28.0 Å². The van der Waals surface area contributed by atoms with Gasteiger partial charge in [0, 0.05) is 63.1 Å². The number of hydrogen-bond acceptors (Lipinski definition) is 10. The summed E-state index contributed by atoms with van der Waals surface area (Å²) in [4.78, 5) is 50.1. The van der Waals surface area contributed by atoms with Crippen LogP contribution in [-0.2, 0) is 29.0 Å². The summed E-state index contributed by atoms with van der Waals surface area (Å²) in [6.07, 6.45) is 7.01. The van der Waals surface area contributed by atoms with E-state index in [0.29, 0.717) is 56.2 Å². The van der Waals surface area contributed by atoms with Crippen LogP contribution in [0, 0.1) is 11.7 Å². The van der Waals surface area contributed by atoms with Crippen LogP contribution < -0.4 is 15.4 Å². The average molecular weight is 648 g/mol. The van der Waals surface area contributed by atoms with Crippen LogP contribution in [0.3, 0.4) is 0 Å². The number of ether oxygens (including phenoxy) is 1. The van der Waals surface area contributed by atoms with Crippen molar-refractivity contribution >= 4 is 17.7 Å². The maximum atomic E-state index is 14.2. The monoisotopic (exact) mass is 647 g/mol. The molecule has 0 aliphatic carbocycles. The fraction of sp³-hybridized carbons (Fsp3) is 0.438. The summed E-state index contributed by atoms with van der Waals surface area (Å²) in [5.74, 6) is -0.610. The van der Waals surface area contributed by atoms with Crippen LogP contribution in [0.2, 0.25) is 0 Å². The van der Waals surface area contributed by atoms with Crippen molar-refractivity contribution in [1.82, 2.24) is 45.7 Å². The highest BCUT2D eigenvalue weighted by atomic mass is 19.1. The molecule has 15 heteroatoms. The van der Waals surface area contributed by atoms with E-state index < -0.39 is 23.7 Å². The van der Waals surface area contributed by atoms with Gasteiger partial charge in [0.25, 0.3) is 5.91 Å². The van der Waals surface area contributed by atoms with Crippen molar-refractivity contribution in [2.24, 2.45) is 5.92 Å². The van der Waals surface area contributed by atoms with Crippen molar-refractivity contribution in [1.29, 1.82) is 0 Å². The molecule has 3 aromatic heterocycles. The highest BCUT2D eigenvalue weighted by Gasteiger charge is 2.25. The molecular weight excluding hydrogens is 609 g/mol. The molecule has 1 atom stereocenters. The number of pyridine rings is 1. The van der Waals surface area contributed by atoms with Crippen LogP contribution in [0.1, 0.15) is 55.1 Å². The summed E-state index contributed by atoms with van der Waals surface area (Å²) >= 11 is 0. The number of nitrogens with zero attached hydrogens (tertiary/aromatic N) is 7. The SMILES string of the molecule is CC(C)C[C@H]1NC(=O)c2cc(F)ccc2OCCn2cc(nn2)CCN(C(=O)CCCc2nc(-c3cccnc3)no2)CCNC1=O. The minimum Gasteiger partial charge on any atom is -0.491 e. The Morgan fingerprint density at radius 2 is 2.04 bits per heavy atom. The lowest BCUT2D eigenvalue weighted by atomic mass is 10.0. The summed E-state index contributed by atoms with van der Waals surface area (Å²) < 4.78 is 27.0. The van der Waals surface area contributed by atoms with E-state index in [-0.39, 0.29) is 49.3 Å². The van der Waals surface area contributed by atoms with Crippen LogP contribution in [0.15, 0.2) is 53.4 Å². The lowest BCUT2D eigenvalue weighted by Crippen LogP contribution is -2.49. The van der Waals surface area contributed by atoms with Gasteiger partial charge in [0.15, 0.2) is 0 Å². The van der Waals surface area contributed by atoms with Gasteiger partial charge >= 0.3 is 0 Å². The zero-order valence-electron chi connectivity index (χ0n) is 26.4. The highest BCUT2D eigenvalue weighted by molar-refractivity contribution is 5.99. The van der Waals surface area contributed by atoms with E-state index in [1.54, 1.807) is 34.2 Å². The van der Waals surface area contributed by atoms with Gasteiger partial charge in [-0.1, -0.05) is 24.2 Å². The van der Waals surface area contributed by atoms with Crippen molar-refractivity contribution in [2.75, 3.05) is 26.2 Å². The molecule has 1 aliphatic heterocycles. The number of fused-ring (bicyclic) bond motifs is 3. The Bertz CT molecular complexity index is 1660. The normalized spacial score (nSPS) is 16.4. The molecule has 4 aromatic rings. The van der Waals surface area contributed by atoms with E-state index in [0.717, 1.165) is 11.6 Å². The number of rotatable bonds is 7. The minimum atomic E-state index is -0.877. The lowest BCUT2D eigenvalue weighted by Gasteiger charge is -2.24. The van der Waals surface area contributed by atoms with Crippen molar-refractivity contribution in [3.63, 3.8) is 0 Å². The Hall–Kier alpha value is -5.21. The zero-order valence-corrected chi connectivity index (χ0v) is 26.4. The fourth-order valence-corrected chi connectivity index (χ4v) is 5.12. The Morgan fingerprint density at radius 1 is 1.17 bits per heavy atom. The second kappa shape index (κ2) is 15.9. The topological polar surface area (TPSA) is 170 Å². The second-order valence-corrected chi connectivity index (χ2v) is 11.6. The maximum absolute atomic E-state index is 14.2. The predicted molar refractivity (Wildman–Crippen MR) is 166 cm³/mol. The number of amides is 3. The molecule has 47 heavy (non-hydrogen) atoms. The largest absolute Gasteiger partial charge is 0.491 e. The van der Waals surface area contributed by atoms with E-state index in [2.05, 4.69) is 36.1 Å². The quantitative estimate of drug-likeness (QED) is 0.304. The Morgan fingerprint density at radius 3 is 2.85 bits per heavy atom. The molecule has 0 fully saturated rings. The summed E-state index contributed by atoms with van der Waals surface area (Å²) in [6, 6.07) is 6.43. The van der Waals surface area contributed by atoms with Gasteiger partial charge in [-0.3, -0.25) is 19.4 Å². The standard InChI is InChI=1S/C32H38FN9O5/c1-21(2)17-26-32(45)35-12-14-41(29(43)7-3-6-28-37-30(39-47-28)22-5-4-11-34-19-22)13-10-24-20-42(40-38-24)15-16-46-27-9-8-23(33)18-25(27)31(44)36-26/h4-5,8-9,11,18-21,26H,3,6-7,10,12-17H2,1-2H3,(H,35,45)(H,36,44)/t26-/m1/s1. The molecular formula is C32H38FN9O5. The number of hydrogen-bond donors (Lipinski definition) is 2. The van der Waals surface area contributed by atoms with Crippen LogP contribution in [0.25, 0.3) is 11.4 Å². The van der Waals surface area contributed by atoms with Gasteiger partial charge in [0.05, 0.1) is 17.8 Å². The number of benzene rings is 1. The number of aromatic nitrogens is 6. The Kier molecular flexibility index (Phi) is 11.2. The molecule has 5 rings (SSSR count). The van der Waals surface area contributed by atoms with Crippen LogP contribution in [0.4, 0.5) is 4.39 Å². The zero-order chi connectivity index (χ0) is 33.2. The molecule has 14 nitrogen and oxygen atoms in total. The third-order valence-electron chi connectivity index (χ3n) is 7.52. The molecule has 3 amide bonds. The molecule has 0 saturated carbocycles. The van der Waals surface area contributed by atoms with E-state index in [4.69, 9.17) is 9.26 Å². The van der Waals surface area contributed by atoms with Crippen molar-refractivity contribution in [3.05, 3.63) is 71.9 Å². The van der Waals surface area contributed by atoms with E-state index in [1.165, 1.54) is 12.1 Å². The molecule has 0 saturated heterocycles. The molecule has 2 N–H and O–H groups in total. The first-order chi connectivity index (χ1) is 22.7. The van der Waals surface area contributed by atoms with Crippen LogP contribution in [0.5, 0.6) is 5.75 Å². The summed E-state index contributed by atoms with van der Waals surface area (Å²) in [5, 5.41) is 18.0. The van der Waals surface area contributed by atoms with Crippen LogP contribution >= 0.6 is 0 Å². The molecule has 1 aliphatic rings. The van der Waals surface area contributed by atoms with Crippen molar-refractivity contribution in [3.8, 4) is 17.1 Å². The first-order valence-corrected chi connectivity index (χ1v) is 15.7. The average Bonchev–Trinajstić information content (AvgIpc) is 3.72. The lowest BCUT2D eigenvalue weighted by molar-refractivity contribution is -0.132. The maximum Gasteiger partial charge on any atom is 0.255 e. The first kappa shape index (κ1) is 33.2. The number of nitrogens with one attached hydrogen (secondary N) is 2. The molecule has 0 radical (unpaired) electrons. The Labute approximate surface area is 271 Å². The van der Waals surface area contributed by atoms with Gasteiger partial charge in [0.2, 0.25) is 23.5 Å². The van der Waals surface area contributed by atoms with Gasteiger partial charge in [-0.25, -0.2) is 9.07 Å². The smallest absolute Gasteiger partial charge is 0.255 e. The number of carbonyl (C=O) groups excluding carboxylic acids is 3. The minimum absolute atomic E-state index is 0.0162. The van der Waals surface area contributed by atoms with Crippen LogP contribution in [-0.4, -0.2) is 85.0 Å². The molecule has 0 spiro atoms. The van der Waals surface area contributed by atoms with E-state index in [1.807, 2.05) is 19.9 Å². The number of carbonyl (C=O) groups is 3. The van der Waals surface area contributed by atoms with Crippen molar-refractivity contribution in [2.45, 2.75) is 58.5 Å². The van der Waals surface area contributed by atoms with E-state index >= 15 is 0 Å². The molecule has 4 heterocycles. The van der Waals surface area contributed by atoms with Gasteiger partial charge in [0.1, 0.15) is 24.2 Å². The predicted octanol–water partition coefficient (Wildman–Crippen LogP) is 2.61. The number of aryl methyl sites for hydroxylation is 1. The second-order valence-electron chi connectivity index (χ2n) is 11.6. The molecule has 248 valence electrons. The summed E-state index contributed by atoms with van der Waals surface area (Å²) in [5.41, 5.74) is 1.40. The number of halogens is 1. The molecule has 0 unspecified atom stereocenters. The summed E-state index contributed by atoms with van der Waals surface area (Å²) in [7, 11) is 0. The first-order valence-electron chi connectivity index (χ1n) is 15.7. The van der Waals surface area contributed by atoms with E-state index in [9.17, 15) is 18.8 Å². The van der Waals surface area contributed by atoms with Gasteiger partial charge in [-0.05, 0) is 49.1 Å². The molecule has 1 aromatic carbocycles. The van der Waals surface area contributed by atoms with Gasteiger partial charge in [-0.15, -0.1) is 5.10 Å². The third kappa shape index (κ3) is 9.40. The molecule has 2 bridgehead atoms. The fourth-order valence-electron chi connectivity index (χ4n) is 5.12. The highest BCUT2D eigenvalue weighted by Crippen LogP contribution is 2.21. The van der Waals surface area contributed by atoms with Gasteiger partial charge in [-0.2, -0.15) is 4.98 Å².